The zero-order valence-electron chi connectivity index (χ0n) is 12.4. The van der Waals surface area contributed by atoms with Crippen molar-refractivity contribution in [2.45, 2.75) is 50.8 Å². The van der Waals surface area contributed by atoms with E-state index in [0.29, 0.717) is 6.04 Å². The number of piperidine rings is 2. The van der Waals surface area contributed by atoms with Crippen LogP contribution in [0.1, 0.15) is 38.6 Å². The third-order valence-electron chi connectivity index (χ3n) is 4.45. The Morgan fingerprint density at radius 1 is 1.33 bits per heavy atom. The number of likely N-dealkylation sites (tertiary alicyclic amines) is 1. The largest absolute Gasteiger partial charge is 0.446 e. The molecule has 2 aliphatic rings. The number of hydrogen-bond donors (Lipinski definition) is 1. The molecule has 2 unspecified atom stereocenters. The lowest BCUT2D eigenvalue weighted by Crippen LogP contribution is -2.47. The van der Waals surface area contributed by atoms with Crippen molar-refractivity contribution in [1.82, 2.24) is 25.0 Å². The summed E-state index contributed by atoms with van der Waals surface area (Å²) in [6.07, 6.45) is 6.83. The van der Waals surface area contributed by atoms with Gasteiger partial charge in [-0.25, -0.2) is 14.5 Å². The lowest BCUT2D eigenvalue weighted by molar-refractivity contribution is 0.0274. The number of carbonyl (C=O) groups is 1. The highest BCUT2D eigenvalue weighted by Gasteiger charge is 2.32. The lowest BCUT2D eigenvalue weighted by atomic mass is 9.99. The summed E-state index contributed by atoms with van der Waals surface area (Å²) in [5, 5.41) is 7.48. The standard InChI is InChI=1S/C14H23N5O2/c1-11-8-12(19-10-16-9-17-19)4-7-18(11)14(20)21-13-2-5-15-6-3-13/h9-13,15H,2-8H2,1H3. The highest BCUT2D eigenvalue weighted by Crippen LogP contribution is 2.27. The van der Waals surface area contributed by atoms with Crippen LogP contribution in [0.2, 0.25) is 0 Å². The van der Waals surface area contributed by atoms with E-state index >= 15 is 0 Å². The second kappa shape index (κ2) is 6.43. The Labute approximate surface area is 124 Å². The van der Waals surface area contributed by atoms with E-state index in [-0.39, 0.29) is 18.2 Å². The number of carbonyl (C=O) groups excluding carboxylic acids is 1. The van der Waals surface area contributed by atoms with E-state index in [1.54, 1.807) is 12.7 Å². The minimum Gasteiger partial charge on any atom is -0.446 e. The third kappa shape index (κ3) is 3.34. The van der Waals surface area contributed by atoms with Crippen LogP contribution in [0.15, 0.2) is 12.7 Å². The molecule has 0 saturated carbocycles. The molecule has 0 aromatic carbocycles. The highest BCUT2D eigenvalue weighted by atomic mass is 16.6. The number of rotatable bonds is 2. The van der Waals surface area contributed by atoms with E-state index in [2.05, 4.69) is 22.3 Å². The summed E-state index contributed by atoms with van der Waals surface area (Å²) in [4.78, 5) is 18.2. The first-order chi connectivity index (χ1) is 10.2. The number of ether oxygens (including phenoxy) is 1. The van der Waals surface area contributed by atoms with Crippen LogP contribution in [0.25, 0.3) is 0 Å². The molecule has 3 rings (SSSR count). The molecule has 2 fully saturated rings. The van der Waals surface area contributed by atoms with Crippen LogP contribution < -0.4 is 5.32 Å². The van der Waals surface area contributed by atoms with Crippen LogP contribution in [0.5, 0.6) is 0 Å². The van der Waals surface area contributed by atoms with Gasteiger partial charge >= 0.3 is 6.09 Å². The van der Waals surface area contributed by atoms with Crippen molar-refractivity contribution in [2.24, 2.45) is 0 Å². The molecule has 1 N–H and O–H groups in total. The summed E-state index contributed by atoms with van der Waals surface area (Å²) < 4.78 is 7.53. The van der Waals surface area contributed by atoms with E-state index in [1.807, 2.05) is 9.58 Å². The zero-order chi connectivity index (χ0) is 14.7. The van der Waals surface area contributed by atoms with Crippen molar-refractivity contribution < 1.29 is 9.53 Å². The topological polar surface area (TPSA) is 72.3 Å². The summed E-state index contributed by atoms with van der Waals surface area (Å²) in [6, 6.07) is 0.493. The number of nitrogens with zero attached hydrogens (tertiary/aromatic N) is 4. The molecule has 0 bridgehead atoms. The van der Waals surface area contributed by atoms with Gasteiger partial charge < -0.3 is 15.0 Å². The van der Waals surface area contributed by atoms with Crippen molar-refractivity contribution >= 4 is 6.09 Å². The van der Waals surface area contributed by atoms with Crippen LogP contribution in [0, 0.1) is 0 Å². The van der Waals surface area contributed by atoms with Crippen LogP contribution >= 0.6 is 0 Å². The van der Waals surface area contributed by atoms with Gasteiger partial charge in [0.05, 0.1) is 6.04 Å². The average Bonchev–Trinajstić information content (AvgIpc) is 3.02. The van der Waals surface area contributed by atoms with E-state index in [0.717, 1.165) is 45.3 Å². The number of amides is 1. The fourth-order valence-corrected chi connectivity index (χ4v) is 3.19. The Kier molecular flexibility index (Phi) is 4.38. The van der Waals surface area contributed by atoms with E-state index < -0.39 is 0 Å². The minimum absolute atomic E-state index is 0.0685. The molecule has 0 aliphatic carbocycles. The highest BCUT2D eigenvalue weighted by molar-refractivity contribution is 5.68. The predicted molar refractivity (Wildman–Crippen MR) is 76.8 cm³/mol. The Balaban J connectivity index is 1.53. The van der Waals surface area contributed by atoms with E-state index in [9.17, 15) is 4.79 Å². The van der Waals surface area contributed by atoms with Crippen molar-refractivity contribution in [2.75, 3.05) is 19.6 Å². The molecule has 2 saturated heterocycles. The first-order valence-corrected chi connectivity index (χ1v) is 7.76. The molecule has 1 amide bonds. The van der Waals surface area contributed by atoms with Crippen LogP contribution in [-0.4, -0.2) is 57.5 Å². The van der Waals surface area contributed by atoms with Gasteiger partial charge in [-0.3, -0.25) is 0 Å². The smallest absolute Gasteiger partial charge is 0.410 e. The molecular weight excluding hydrogens is 270 g/mol. The summed E-state index contributed by atoms with van der Waals surface area (Å²) in [7, 11) is 0. The van der Waals surface area contributed by atoms with Crippen molar-refractivity contribution in [3.8, 4) is 0 Å². The predicted octanol–water partition coefficient (Wildman–Crippen LogP) is 1.19. The molecule has 21 heavy (non-hydrogen) atoms. The molecule has 2 atom stereocenters. The molecular formula is C14H23N5O2. The Hall–Kier alpha value is -1.63. The summed E-state index contributed by atoms with van der Waals surface area (Å²) in [6.45, 7) is 4.66. The van der Waals surface area contributed by atoms with Crippen molar-refractivity contribution in [3.63, 3.8) is 0 Å². The fourth-order valence-electron chi connectivity index (χ4n) is 3.19. The maximum absolute atomic E-state index is 12.3. The van der Waals surface area contributed by atoms with Gasteiger partial charge in [0, 0.05) is 12.6 Å². The lowest BCUT2D eigenvalue weighted by Gasteiger charge is -2.37. The first-order valence-electron chi connectivity index (χ1n) is 7.76. The van der Waals surface area contributed by atoms with Gasteiger partial charge in [0.2, 0.25) is 0 Å². The monoisotopic (exact) mass is 293 g/mol. The van der Waals surface area contributed by atoms with Crippen LogP contribution in [0.4, 0.5) is 4.79 Å². The normalized spacial score (nSPS) is 27.6. The minimum atomic E-state index is -0.161. The van der Waals surface area contributed by atoms with Gasteiger partial charge in [0.15, 0.2) is 0 Å². The Morgan fingerprint density at radius 2 is 2.14 bits per heavy atom. The Morgan fingerprint density at radius 3 is 2.81 bits per heavy atom. The average molecular weight is 293 g/mol. The molecule has 3 heterocycles. The second-order valence-electron chi connectivity index (χ2n) is 5.93. The SMILES string of the molecule is CC1CC(n2cncn2)CCN1C(=O)OC1CCNCC1. The Bertz CT molecular complexity index is 458. The maximum atomic E-state index is 12.3. The summed E-state index contributed by atoms with van der Waals surface area (Å²) >= 11 is 0. The van der Waals surface area contributed by atoms with Crippen molar-refractivity contribution in [1.29, 1.82) is 0 Å². The fraction of sp³-hybridized carbons (Fsp3) is 0.786. The molecule has 0 radical (unpaired) electrons. The molecule has 1 aromatic rings. The van der Waals surface area contributed by atoms with Gasteiger partial charge in [0.1, 0.15) is 18.8 Å². The van der Waals surface area contributed by atoms with Gasteiger partial charge in [-0.1, -0.05) is 0 Å². The second-order valence-corrected chi connectivity index (χ2v) is 5.93. The maximum Gasteiger partial charge on any atom is 0.410 e. The third-order valence-corrected chi connectivity index (χ3v) is 4.45. The van der Waals surface area contributed by atoms with E-state index in [1.165, 1.54) is 0 Å². The van der Waals surface area contributed by atoms with Crippen LogP contribution in [0.3, 0.4) is 0 Å². The molecule has 116 valence electrons. The van der Waals surface area contributed by atoms with Crippen LogP contribution in [-0.2, 0) is 4.74 Å². The quantitative estimate of drug-likeness (QED) is 0.887. The molecule has 1 aromatic heterocycles. The van der Waals surface area contributed by atoms with E-state index in [4.69, 9.17) is 4.74 Å². The molecule has 7 heteroatoms. The summed E-state index contributed by atoms with van der Waals surface area (Å²) in [5.74, 6) is 0. The molecule has 2 aliphatic heterocycles. The van der Waals surface area contributed by atoms with Crippen molar-refractivity contribution in [3.05, 3.63) is 12.7 Å². The number of aromatic nitrogens is 3. The van der Waals surface area contributed by atoms with Gasteiger partial charge in [-0.2, -0.15) is 5.10 Å². The number of hydrogen-bond acceptors (Lipinski definition) is 5. The van der Waals surface area contributed by atoms with Gasteiger partial charge in [-0.05, 0) is 45.7 Å². The number of nitrogens with one attached hydrogen (secondary N) is 1. The van der Waals surface area contributed by atoms with Gasteiger partial charge in [0.25, 0.3) is 0 Å². The zero-order valence-corrected chi connectivity index (χ0v) is 12.4. The van der Waals surface area contributed by atoms with Gasteiger partial charge in [-0.15, -0.1) is 0 Å². The summed E-state index contributed by atoms with van der Waals surface area (Å²) in [5.41, 5.74) is 0. The molecule has 7 nitrogen and oxygen atoms in total. The first kappa shape index (κ1) is 14.3. The molecule has 0 spiro atoms.